The highest BCUT2D eigenvalue weighted by molar-refractivity contribution is 5.78. The van der Waals surface area contributed by atoms with E-state index in [1.54, 1.807) is 0 Å². The normalized spacial score (nSPS) is 24.8. The van der Waals surface area contributed by atoms with E-state index < -0.39 is 5.60 Å². The Labute approximate surface area is 138 Å². The van der Waals surface area contributed by atoms with Gasteiger partial charge in [-0.3, -0.25) is 4.79 Å². The van der Waals surface area contributed by atoms with Crippen molar-refractivity contribution in [1.29, 1.82) is 0 Å². The molecule has 0 spiro atoms. The molecule has 1 heterocycles. The van der Waals surface area contributed by atoms with Gasteiger partial charge in [0.05, 0.1) is 17.3 Å². The predicted octanol–water partition coefficient (Wildman–Crippen LogP) is 2.19. The number of nitrogens with one attached hydrogen (secondary N) is 1. The summed E-state index contributed by atoms with van der Waals surface area (Å²) in [7, 11) is 0. The van der Waals surface area contributed by atoms with E-state index in [-0.39, 0.29) is 29.3 Å². The molecule has 6 nitrogen and oxygen atoms in total. The Morgan fingerprint density at radius 2 is 2.13 bits per heavy atom. The highest BCUT2D eigenvalue weighted by atomic mass is 16.3. The Hall–Kier alpha value is -1.43. The lowest BCUT2D eigenvalue weighted by Crippen LogP contribution is -2.62. The number of nitrogens with zero attached hydrogens (tertiary/aromatic N) is 3. The van der Waals surface area contributed by atoms with Crippen LogP contribution in [0.5, 0.6) is 0 Å². The van der Waals surface area contributed by atoms with Gasteiger partial charge in [-0.2, -0.15) is 0 Å². The van der Waals surface area contributed by atoms with Gasteiger partial charge in [0.15, 0.2) is 0 Å². The molecule has 0 radical (unpaired) electrons. The Morgan fingerprint density at radius 1 is 1.48 bits per heavy atom. The first-order valence-electron chi connectivity index (χ1n) is 8.50. The zero-order valence-electron chi connectivity index (χ0n) is 15.1. The fourth-order valence-electron chi connectivity index (χ4n) is 3.07. The molecular weight excluding hydrogens is 292 g/mol. The van der Waals surface area contributed by atoms with Crippen LogP contribution in [0.3, 0.4) is 0 Å². The van der Waals surface area contributed by atoms with Crippen molar-refractivity contribution in [3.8, 4) is 0 Å². The summed E-state index contributed by atoms with van der Waals surface area (Å²) >= 11 is 0. The molecule has 1 aliphatic rings. The Morgan fingerprint density at radius 3 is 2.57 bits per heavy atom. The van der Waals surface area contributed by atoms with Crippen molar-refractivity contribution in [2.24, 2.45) is 5.92 Å². The lowest BCUT2D eigenvalue weighted by Gasteiger charge is -2.49. The highest BCUT2D eigenvalue weighted by Crippen LogP contribution is 2.42. The Balaban J connectivity index is 2.07. The summed E-state index contributed by atoms with van der Waals surface area (Å²) in [5, 5.41) is 22.4. The molecule has 1 amide bonds. The molecule has 2 atom stereocenters. The molecule has 23 heavy (non-hydrogen) atoms. The number of amides is 1. The monoisotopic (exact) mass is 322 g/mol. The summed E-state index contributed by atoms with van der Waals surface area (Å²) in [4.78, 5) is 11.9. The smallest absolute Gasteiger partial charge is 0.222 e. The molecule has 0 aromatic carbocycles. The number of aromatic nitrogens is 3. The van der Waals surface area contributed by atoms with Crippen LogP contribution in [0.25, 0.3) is 0 Å². The van der Waals surface area contributed by atoms with Crippen LogP contribution >= 0.6 is 0 Å². The molecule has 0 saturated heterocycles. The van der Waals surface area contributed by atoms with E-state index in [1.165, 1.54) is 0 Å². The first-order valence-corrected chi connectivity index (χ1v) is 8.50. The summed E-state index contributed by atoms with van der Waals surface area (Å²) in [5.74, 6) is -0.0736. The maximum absolute atomic E-state index is 11.9. The van der Waals surface area contributed by atoms with Crippen LogP contribution in [-0.2, 0) is 10.2 Å². The molecule has 1 aliphatic carbocycles. The van der Waals surface area contributed by atoms with E-state index in [0.717, 1.165) is 12.1 Å². The van der Waals surface area contributed by atoms with E-state index in [1.807, 2.05) is 24.7 Å². The van der Waals surface area contributed by atoms with Crippen molar-refractivity contribution in [3.05, 3.63) is 11.9 Å². The van der Waals surface area contributed by atoms with Gasteiger partial charge in [0.25, 0.3) is 0 Å². The molecular formula is C17H30N4O2. The maximum Gasteiger partial charge on any atom is 0.222 e. The third-order valence-electron chi connectivity index (χ3n) is 4.84. The number of carbonyl (C=O) groups excluding carboxylic acids is 1. The molecule has 2 N–H and O–H groups in total. The number of rotatable bonds is 6. The molecule has 2 rings (SSSR count). The van der Waals surface area contributed by atoms with Gasteiger partial charge in [0.2, 0.25) is 5.91 Å². The van der Waals surface area contributed by atoms with Gasteiger partial charge >= 0.3 is 0 Å². The first-order chi connectivity index (χ1) is 10.5. The number of aliphatic hydroxyl groups is 1. The summed E-state index contributed by atoms with van der Waals surface area (Å²) < 4.78 is 1.83. The van der Waals surface area contributed by atoms with Crippen LogP contribution < -0.4 is 5.32 Å². The second-order valence-corrected chi connectivity index (χ2v) is 8.10. The number of hydrogen-bond acceptors (Lipinski definition) is 4. The van der Waals surface area contributed by atoms with Crippen molar-refractivity contribution >= 4 is 5.91 Å². The third kappa shape index (κ3) is 3.74. The van der Waals surface area contributed by atoms with Gasteiger partial charge in [0.1, 0.15) is 0 Å². The molecule has 0 aliphatic heterocycles. The molecule has 1 fully saturated rings. The van der Waals surface area contributed by atoms with Crippen molar-refractivity contribution in [2.75, 3.05) is 0 Å². The van der Waals surface area contributed by atoms with Gasteiger partial charge in [0, 0.05) is 23.6 Å². The Bertz CT molecular complexity index is 565. The van der Waals surface area contributed by atoms with Crippen LogP contribution in [0.15, 0.2) is 6.20 Å². The summed E-state index contributed by atoms with van der Waals surface area (Å²) in [6.07, 6.45) is 4.04. The Kier molecular flexibility index (Phi) is 4.85. The van der Waals surface area contributed by atoms with E-state index in [4.69, 9.17) is 0 Å². The molecule has 2 unspecified atom stereocenters. The molecule has 6 heteroatoms. The second kappa shape index (κ2) is 6.23. The topological polar surface area (TPSA) is 80.0 Å². The fourth-order valence-corrected chi connectivity index (χ4v) is 3.07. The third-order valence-corrected chi connectivity index (χ3v) is 4.84. The molecule has 0 bridgehead atoms. The lowest BCUT2D eigenvalue weighted by atomic mass is 9.65. The number of carbonyl (C=O) groups is 1. The quantitative estimate of drug-likeness (QED) is 0.841. The van der Waals surface area contributed by atoms with E-state index in [9.17, 15) is 9.90 Å². The standard InChI is InChI=1S/C17H30N4O2/c1-11(2)15(22)18-13-7-8-17(13,23)10-16(5,6)14-9-21(12(3)4)20-19-14/h9,11-13,23H,7-8,10H2,1-6H3,(H,18,22). The van der Waals surface area contributed by atoms with Gasteiger partial charge in [-0.15, -0.1) is 5.10 Å². The average Bonchev–Trinajstić information content (AvgIpc) is 2.93. The van der Waals surface area contributed by atoms with Gasteiger partial charge in [-0.1, -0.05) is 32.9 Å². The van der Waals surface area contributed by atoms with Crippen LogP contribution in [0.4, 0.5) is 0 Å². The van der Waals surface area contributed by atoms with Crippen LogP contribution in [0.2, 0.25) is 0 Å². The summed E-state index contributed by atoms with van der Waals surface area (Å²) in [6.45, 7) is 12.0. The van der Waals surface area contributed by atoms with E-state index in [2.05, 4.69) is 43.3 Å². The van der Waals surface area contributed by atoms with Crippen LogP contribution in [0.1, 0.15) is 72.5 Å². The summed E-state index contributed by atoms with van der Waals surface area (Å²) in [5.41, 5.74) is -0.292. The highest BCUT2D eigenvalue weighted by Gasteiger charge is 2.49. The van der Waals surface area contributed by atoms with Gasteiger partial charge < -0.3 is 10.4 Å². The molecule has 1 aromatic heterocycles. The zero-order chi connectivity index (χ0) is 17.4. The minimum atomic E-state index is -0.865. The SMILES string of the molecule is CC(C)C(=O)NC1CCC1(O)CC(C)(C)c1cn(C(C)C)nn1. The number of hydrogen-bond donors (Lipinski definition) is 2. The minimum Gasteiger partial charge on any atom is -0.388 e. The lowest BCUT2D eigenvalue weighted by molar-refractivity contribution is -0.134. The summed E-state index contributed by atoms with van der Waals surface area (Å²) in [6, 6.07) is 0.0914. The molecule has 1 saturated carbocycles. The van der Waals surface area contributed by atoms with Crippen molar-refractivity contribution in [1.82, 2.24) is 20.3 Å². The van der Waals surface area contributed by atoms with Crippen molar-refractivity contribution in [2.45, 2.75) is 83.9 Å². The predicted molar refractivity (Wildman–Crippen MR) is 89.0 cm³/mol. The van der Waals surface area contributed by atoms with E-state index in [0.29, 0.717) is 12.8 Å². The van der Waals surface area contributed by atoms with Crippen LogP contribution in [-0.4, -0.2) is 37.7 Å². The minimum absolute atomic E-state index is 0.00307. The fraction of sp³-hybridized carbons (Fsp3) is 0.824. The van der Waals surface area contributed by atoms with Crippen LogP contribution in [0, 0.1) is 5.92 Å². The maximum atomic E-state index is 11.9. The molecule has 130 valence electrons. The van der Waals surface area contributed by atoms with Gasteiger partial charge in [-0.05, 0) is 33.1 Å². The second-order valence-electron chi connectivity index (χ2n) is 8.10. The largest absolute Gasteiger partial charge is 0.388 e. The molecule has 1 aromatic rings. The zero-order valence-corrected chi connectivity index (χ0v) is 15.1. The van der Waals surface area contributed by atoms with Crippen molar-refractivity contribution in [3.63, 3.8) is 0 Å². The van der Waals surface area contributed by atoms with Crippen molar-refractivity contribution < 1.29 is 9.90 Å². The van der Waals surface area contributed by atoms with Gasteiger partial charge in [-0.25, -0.2) is 4.68 Å². The van der Waals surface area contributed by atoms with E-state index >= 15 is 0 Å². The average molecular weight is 322 g/mol. The first kappa shape index (κ1) is 17.9.